The lowest BCUT2D eigenvalue weighted by atomic mass is 10.1. The average molecular weight is 312 g/mol. The first kappa shape index (κ1) is 18.2. The largest absolute Gasteiger partial charge is 0.497 e. The summed E-state index contributed by atoms with van der Waals surface area (Å²) in [6.07, 6.45) is -1.09. The molecule has 124 valence electrons. The van der Waals surface area contributed by atoms with Crippen LogP contribution in [0, 0.1) is 0 Å². The quantitative estimate of drug-likeness (QED) is 0.602. The standard InChI is InChI=1S/C15H24N2O5/c1-20-10-4-5-14(22-3)12(6-10)13(18)9-17-15(19)7-11(8-16)21-2/h4-6,11,13,18H,7-9,16H2,1-3H3,(H,17,19). The van der Waals surface area contributed by atoms with Crippen molar-refractivity contribution in [2.75, 3.05) is 34.4 Å². The second kappa shape index (κ2) is 9.24. The van der Waals surface area contributed by atoms with Gasteiger partial charge in [-0.15, -0.1) is 0 Å². The Labute approximate surface area is 130 Å². The van der Waals surface area contributed by atoms with Crippen LogP contribution in [0.5, 0.6) is 11.5 Å². The van der Waals surface area contributed by atoms with E-state index in [2.05, 4.69) is 5.32 Å². The highest BCUT2D eigenvalue weighted by molar-refractivity contribution is 5.76. The van der Waals surface area contributed by atoms with Gasteiger partial charge in [-0.2, -0.15) is 0 Å². The molecule has 0 bridgehead atoms. The Morgan fingerprint density at radius 2 is 2.05 bits per heavy atom. The SMILES string of the molecule is COc1ccc(OC)c(C(O)CNC(=O)CC(CN)OC)c1. The summed E-state index contributed by atoms with van der Waals surface area (Å²) in [7, 11) is 4.55. The van der Waals surface area contributed by atoms with E-state index >= 15 is 0 Å². The fourth-order valence-corrected chi connectivity index (χ4v) is 1.96. The van der Waals surface area contributed by atoms with Gasteiger partial charge in [0, 0.05) is 25.8 Å². The van der Waals surface area contributed by atoms with Crippen LogP contribution in [0.1, 0.15) is 18.1 Å². The predicted octanol–water partition coefficient (Wildman–Crippen LogP) is 0.217. The minimum Gasteiger partial charge on any atom is -0.497 e. The first-order valence-corrected chi connectivity index (χ1v) is 6.95. The zero-order valence-electron chi connectivity index (χ0n) is 13.2. The molecule has 0 aliphatic heterocycles. The van der Waals surface area contributed by atoms with Crippen molar-refractivity contribution in [2.24, 2.45) is 5.73 Å². The Kier molecular flexibility index (Phi) is 7.65. The molecule has 0 fully saturated rings. The molecule has 7 heteroatoms. The number of aliphatic hydroxyl groups is 1. The highest BCUT2D eigenvalue weighted by Crippen LogP contribution is 2.29. The summed E-state index contributed by atoms with van der Waals surface area (Å²) in [5.41, 5.74) is 6.01. The Bertz CT molecular complexity index is 477. The third kappa shape index (κ3) is 5.18. The second-order valence-corrected chi connectivity index (χ2v) is 4.73. The minimum absolute atomic E-state index is 0.0589. The van der Waals surface area contributed by atoms with Crippen molar-refractivity contribution >= 4 is 5.91 Å². The molecule has 0 saturated carbocycles. The maximum atomic E-state index is 11.8. The van der Waals surface area contributed by atoms with Gasteiger partial charge in [-0.1, -0.05) is 0 Å². The van der Waals surface area contributed by atoms with Crippen LogP contribution in [0.4, 0.5) is 0 Å². The number of rotatable bonds is 9. The number of nitrogens with two attached hydrogens (primary N) is 1. The highest BCUT2D eigenvalue weighted by Gasteiger charge is 2.17. The van der Waals surface area contributed by atoms with E-state index in [0.717, 1.165) is 0 Å². The van der Waals surface area contributed by atoms with Crippen LogP contribution in [0.15, 0.2) is 18.2 Å². The lowest BCUT2D eigenvalue weighted by Gasteiger charge is -2.17. The van der Waals surface area contributed by atoms with Gasteiger partial charge in [0.1, 0.15) is 11.5 Å². The molecule has 7 nitrogen and oxygen atoms in total. The van der Waals surface area contributed by atoms with Crippen molar-refractivity contribution in [2.45, 2.75) is 18.6 Å². The van der Waals surface area contributed by atoms with Crippen molar-refractivity contribution in [3.05, 3.63) is 23.8 Å². The van der Waals surface area contributed by atoms with Gasteiger partial charge >= 0.3 is 0 Å². The Morgan fingerprint density at radius 3 is 2.59 bits per heavy atom. The average Bonchev–Trinajstić information content (AvgIpc) is 2.56. The third-order valence-electron chi connectivity index (χ3n) is 3.30. The van der Waals surface area contributed by atoms with Crippen LogP contribution in [-0.4, -0.2) is 51.5 Å². The smallest absolute Gasteiger partial charge is 0.222 e. The number of aliphatic hydroxyl groups excluding tert-OH is 1. The fourth-order valence-electron chi connectivity index (χ4n) is 1.96. The van der Waals surface area contributed by atoms with E-state index in [4.69, 9.17) is 19.9 Å². The highest BCUT2D eigenvalue weighted by atomic mass is 16.5. The molecule has 1 amide bonds. The van der Waals surface area contributed by atoms with Gasteiger partial charge in [-0.05, 0) is 18.2 Å². The maximum Gasteiger partial charge on any atom is 0.222 e. The van der Waals surface area contributed by atoms with Gasteiger partial charge in [0.05, 0.1) is 32.8 Å². The maximum absolute atomic E-state index is 11.8. The van der Waals surface area contributed by atoms with Crippen LogP contribution in [0.3, 0.4) is 0 Å². The molecule has 0 aliphatic carbocycles. The topological polar surface area (TPSA) is 103 Å². The number of hydrogen-bond donors (Lipinski definition) is 3. The molecule has 2 atom stereocenters. The van der Waals surface area contributed by atoms with Gasteiger partial charge < -0.3 is 30.4 Å². The first-order valence-electron chi connectivity index (χ1n) is 6.95. The molecule has 0 saturated heterocycles. The molecule has 1 aromatic carbocycles. The number of methoxy groups -OCH3 is 3. The van der Waals surface area contributed by atoms with Gasteiger partial charge in [0.2, 0.25) is 5.91 Å². The molecule has 1 rings (SSSR count). The van der Waals surface area contributed by atoms with E-state index in [1.165, 1.54) is 21.3 Å². The van der Waals surface area contributed by atoms with Gasteiger partial charge in [-0.25, -0.2) is 0 Å². The summed E-state index contributed by atoms with van der Waals surface area (Å²) >= 11 is 0. The van der Waals surface area contributed by atoms with Crippen LogP contribution >= 0.6 is 0 Å². The lowest BCUT2D eigenvalue weighted by molar-refractivity contribution is -0.123. The summed E-state index contributed by atoms with van der Waals surface area (Å²) in [6.45, 7) is 0.319. The number of carbonyl (C=O) groups excluding carboxylic acids is 1. The number of carbonyl (C=O) groups is 1. The second-order valence-electron chi connectivity index (χ2n) is 4.73. The van der Waals surface area contributed by atoms with Crippen molar-refractivity contribution in [3.8, 4) is 11.5 Å². The summed E-state index contributed by atoms with van der Waals surface area (Å²) < 4.78 is 15.4. The summed E-state index contributed by atoms with van der Waals surface area (Å²) in [5.74, 6) is 0.890. The Morgan fingerprint density at radius 1 is 1.32 bits per heavy atom. The van der Waals surface area contributed by atoms with E-state index in [9.17, 15) is 9.90 Å². The monoisotopic (exact) mass is 312 g/mol. The fraction of sp³-hybridized carbons (Fsp3) is 0.533. The number of nitrogens with one attached hydrogen (secondary N) is 1. The Balaban J connectivity index is 2.65. The van der Waals surface area contributed by atoms with Crippen molar-refractivity contribution in [1.29, 1.82) is 0 Å². The molecule has 0 radical (unpaired) electrons. The summed E-state index contributed by atoms with van der Waals surface area (Å²) in [4.78, 5) is 11.8. The van der Waals surface area contributed by atoms with Crippen LogP contribution < -0.4 is 20.5 Å². The van der Waals surface area contributed by atoms with Gasteiger partial charge in [-0.3, -0.25) is 4.79 Å². The van der Waals surface area contributed by atoms with Gasteiger partial charge in [0.25, 0.3) is 0 Å². The zero-order valence-corrected chi connectivity index (χ0v) is 13.2. The molecular formula is C15H24N2O5. The number of hydrogen-bond acceptors (Lipinski definition) is 6. The number of amides is 1. The van der Waals surface area contributed by atoms with Crippen LogP contribution in [-0.2, 0) is 9.53 Å². The molecular weight excluding hydrogens is 288 g/mol. The van der Waals surface area contributed by atoms with Crippen LogP contribution in [0.25, 0.3) is 0 Å². The van der Waals surface area contributed by atoms with Gasteiger partial charge in [0.15, 0.2) is 0 Å². The first-order chi connectivity index (χ1) is 10.5. The predicted molar refractivity (Wildman–Crippen MR) is 82.0 cm³/mol. The van der Waals surface area contributed by atoms with Crippen molar-refractivity contribution in [1.82, 2.24) is 5.32 Å². The molecule has 1 aromatic rings. The number of benzene rings is 1. The zero-order chi connectivity index (χ0) is 16.5. The molecule has 0 aromatic heterocycles. The van der Waals surface area contributed by atoms with Crippen molar-refractivity contribution < 1.29 is 24.1 Å². The molecule has 0 heterocycles. The molecule has 0 spiro atoms. The normalized spacial score (nSPS) is 13.3. The van der Waals surface area contributed by atoms with Crippen LogP contribution in [0.2, 0.25) is 0 Å². The molecule has 4 N–H and O–H groups in total. The molecule has 0 aliphatic rings. The van der Waals surface area contributed by atoms with E-state index < -0.39 is 6.10 Å². The summed E-state index contributed by atoms with van der Waals surface area (Å²) in [6, 6.07) is 5.11. The Hall–Kier alpha value is -1.83. The van der Waals surface area contributed by atoms with E-state index in [1.54, 1.807) is 18.2 Å². The third-order valence-corrected chi connectivity index (χ3v) is 3.30. The van der Waals surface area contributed by atoms with E-state index in [-0.39, 0.29) is 31.5 Å². The van der Waals surface area contributed by atoms with Crippen molar-refractivity contribution in [3.63, 3.8) is 0 Å². The van der Waals surface area contributed by atoms with E-state index in [1.807, 2.05) is 0 Å². The minimum atomic E-state index is -0.909. The lowest BCUT2D eigenvalue weighted by Crippen LogP contribution is -2.34. The molecule has 2 unspecified atom stereocenters. The molecule has 22 heavy (non-hydrogen) atoms. The van der Waals surface area contributed by atoms with E-state index in [0.29, 0.717) is 17.1 Å². The summed E-state index contributed by atoms with van der Waals surface area (Å²) in [5, 5.41) is 12.9. The number of ether oxygens (including phenoxy) is 3.